The van der Waals surface area contributed by atoms with Crippen molar-refractivity contribution in [1.29, 1.82) is 0 Å². The first-order chi connectivity index (χ1) is 5.81. The Balaban J connectivity index is 3.02. The van der Waals surface area contributed by atoms with Crippen molar-refractivity contribution in [1.82, 2.24) is 5.32 Å². The maximum Gasteiger partial charge on any atom is 0.00387 e. The number of nitrogens with one attached hydrogen (secondary N) is 1. The van der Waals surface area contributed by atoms with E-state index in [-0.39, 0.29) is 0 Å². The maximum absolute atomic E-state index is 3.51. The van der Waals surface area contributed by atoms with Gasteiger partial charge in [0.1, 0.15) is 0 Å². The van der Waals surface area contributed by atoms with Crippen LogP contribution in [0.1, 0.15) is 59.3 Å². The molecule has 0 heterocycles. The highest BCUT2D eigenvalue weighted by atomic mass is 14.9. The molecular formula is C11H25N. The van der Waals surface area contributed by atoms with Gasteiger partial charge >= 0.3 is 0 Å². The first-order valence-corrected chi connectivity index (χ1v) is 5.54. The fraction of sp³-hybridized carbons (Fsp3) is 1.00. The lowest BCUT2D eigenvalue weighted by Gasteiger charge is -2.12. The predicted octanol–water partition coefficient (Wildman–Crippen LogP) is 3.34. The molecule has 1 nitrogen and oxygen atoms in total. The lowest BCUT2D eigenvalue weighted by molar-refractivity contribution is 0.483. The van der Waals surface area contributed by atoms with E-state index in [0.29, 0.717) is 0 Å². The van der Waals surface area contributed by atoms with Gasteiger partial charge in [-0.05, 0) is 26.3 Å². The molecule has 74 valence electrons. The van der Waals surface area contributed by atoms with E-state index in [4.69, 9.17) is 0 Å². The minimum absolute atomic E-state index is 0.724. The van der Waals surface area contributed by atoms with E-state index in [1.54, 1.807) is 0 Å². The molecule has 0 aliphatic heterocycles. The molecule has 0 saturated heterocycles. The topological polar surface area (TPSA) is 12.0 Å². The van der Waals surface area contributed by atoms with Crippen LogP contribution in [0.5, 0.6) is 0 Å². The molecule has 0 fully saturated rings. The molecule has 0 aliphatic carbocycles. The molecule has 0 aliphatic rings. The maximum atomic E-state index is 3.51. The minimum atomic E-state index is 0.724. The largest absolute Gasteiger partial charge is 0.314 e. The minimum Gasteiger partial charge on any atom is -0.314 e. The molecule has 1 heteroatoms. The van der Waals surface area contributed by atoms with E-state index >= 15 is 0 Å². The average molecular weight is 171 g/mol. The van der Waals surface area contributed by atoms with Crippen molar-refractivity contribution < 1.29 is 0 Å². The molecule has 1 atom stereocenters. The molecule has 1 N–H and O–H groups in total. The Hall–Kier alpha value is -0.0400. The van der Waals surface area contributed by atoms with Crippen LogP contribution in [0, 0.1) is 0 Å². The number of unbranched alkanes of at least 4 members (excludes halogenated alkanes) is 3. The Morgan fingerprint density at radius 1 is 1.00 bits per heavy atom. The fourth-order valence-corrected chi connectivity index (χ4v) is 1.37. The van der Waals surface area contributed by atoms with Crippen LogP contribution in [0.25, 0.3) is 0 Å². The summed E-state index contributed by atoms with van der Waals surface area (Å²) in [5.41, 5.74) is 0. The molecule has 12 heavy (non-hydrogen) atoms. The Bertz CT molecular complexity index is 81.1. The van der Waals surface area contributed by atoms with Gasteiger partial charge in [-0.2, -0.15) is 0 Å². The van der Waals surface area contributed by atoms with Crippen LogP contribution in [0.3, 0.4) is 0 Å². The van der Waals surface area contributed by atoms with Gasteiger partial charge in [-0.15, -0.1) is 0 Å². The number of rotatable bonds is 8. The quantitative estimate of drug-likeness (QED) is 0.552. The number of hydrogen-bond donors (Lipinski definition) is 1. The summed E-state index contributed by atoms with van der Waals surface area (Å²) in [7, 11) is 0. The van der Waals surface area contributed by atoms with E-state index in [9.17, 15) is 0 Å². The van der Waals surface area contributed by atoms with Crippen molar-refractivity contribution in [3.8, 4) is 0 Å². The summed E-state index contributed by atoms with van der Waals surface area (Å²) in [6, 6.07) is 0.724. The second-order valence-electron chi connectivity index (χ2n) is 3.70. The Morgan fingerprint density at radius 2 is 1.75 bits per heavy atom. The third-order valence-electron chi connectivity index (χ3n) is 2.23. The number of hydrogen-bond acceptors (Lipinski definition) is 1. The molecule has 0 aromatic heterocycles. The van der Waals surface area contributed by atoms with Gasteiger partial charge in [-0.1, -0.05) is 39.5 Å². The average Bonchev–Trinajstić information content (AvgIpc) is 2.09. The van der Waals surface area contributed by atoms with Crippen molar-refractivity contribution in [3.63, 3.8) is 0 Å². The second kappa shape index (κ2) is 9.05. The van der Waals surface area contributed by atoms with Crippen molar-refractivity contribution in [2.45, 2.75) is 65.3 Å². The highest BCUT2D eigenvalue weighted by Gasteiger charge is 1.98. The van der Waals surface area contributed by atoms with Gasteiger partial charge in [0, 0.05) is 6.04 Å². The van der Waals surface area contributed by atoms with Gasteiger partial charge in [-0.25, -0.2) is 0 Å². The van der Waals surface area contributed by atoms with E-state index in [1.165, 1.54) is 45.1 Å². The van der Waals surface area contributed by atoms with Crippen LogP contribution >= 0.6 is 0 Å². The molecule has 0 spiro atoms. The van der Waals surface area contributed by atoms with Crippen LogP contribution in [0.4, 0.5) is 0 Å². The highest BCUT2D eigenvalue weighted by Crippen LogP contribution is 2.04. The molecule has 0 radical (unpaired) electrons. The molecule has 0 saturated carbocycles. The zero-order valence-corrected chi connectivity index (χ0v) is 9.03. The zero-order valence-electron chi connectivity index (χ0n) is 9.03. The van der Waals surface area contributed by atoms with Crippen molar-refractivity contribution >= 4 is 0 Å². The summed E-state index contributed by atoms with van der Waals surface area (Å²) in [6.45, 7) is 7.95. The Labute approximate surface area is 77.9 Å². The van der Waals surface area contributed by atoms with Gasteiger partial charge < -0.3 is 5.32 Å². The Kier molecular flexibility index (Phi) is 9.02. The summed E-state index contributed by atoms with van der Waals surface area (Å²) in [5.74, 6) is 0. The van der Waals surface area contributed by atoms with E-state index in [0.717, 1.165) is 6.04 Å². The third-order valence-corrected chi connectivity index (χ3v) is 2.23. The van der Waals surface area contributed by atoms with Crippen molar-refractivity contribution in [2.75, 3.05) is 6.54 Å². The standard InChI is InChI=1S/C11H25N/c1-4-6-7-8-9-11(3)12-10-5-2/h11-12H,4-10H2,1-3H3. The summed E-state index contributed by atoms with van der Waals surface area (Å²) in [6.07, 6.45) is 8.15. The molecule has 0 bridgehead atoms. The van der Waals surface area contributed by atoms with Crippen LogP contribution in [0.15, 0.2) is 0 Å². The molecule has 0 aromatic carbocycles. The first-order valence-electron chi connectivity index (χ1n) is 5.54. The summed E-state index contributed by atoms with van der Waals surface area (Å²) in [5, 5.41) is 3.51. The molecule has 0 aromatic rings. The lowest BCUT2D eigenvalue weighted by atomic mass is 10.1. The second-order valence-corrected chi connectivity index (χ2v) is 3.70. The third kappa shape index (κ3) is 8.06. The molecule has 0 amide bonds. The van der Waals surface area contributed by atoms with Gasteiger partial charge in [0.25, 0.3) is 0 Å². The Morgan fingerprint density at radius 3 is 2.33 bits per heavy atom. The monoisotopic (exact) mass is 171 g/mol. The SMILES string of the molecule is CCCCCCC(C)NCCC. The van der Waals surface area contributed by atoms with Gasteiger partial charge in [0.15, 0.2) is 0 Å². The van der Waals surface area contributed by atoms with Crippen LogP contribution in [-0.4, -0.2) is 12.6 Å². The van der Waals surface area contributed by atoms with Crippen molar-refractivity contribution in [2.24, 2.45) is 0 Å². The lowest BCUT2D eigenvalue weighted by Crippen LogP contribution is -2.26. The molecule has 1 unspecified atom stereocenters. The summed E-state index contributed by atoms with van der Waals surface area (Å²) < 4.78 is 0. The van der Waals surface area contributed by atoms with E-state index < -0.39 is 0 Å². The van der Waals surface area contributed by atoms with Gasteiger partial charge in [-0.3, -0.25) is 0 Å². The van der Waals surface area contributed by atoms with Crippen molar-refractivity contribution in [3.05, 3.63) is 0 Å². The van der Waals surface area contributed by atoms with Crippen LogP contribution in [0.2, 0.25) is 0 Å². The van der Waals surface area contributed by atoms with E-state index in [1.807, 2.05) is 0 Å². The highest BCUT2D eigenvalue weighted by molar-refractivity contribution is 4.59. The van der Waals surface area contributed by atoms with Crippen LogP contribution < -0.4 is 5.32 Å². The van der Waals surface area contributed by atoms with E-state index in [2.05, 4.69) is 26.1 Å². The molecular weight excluding hydrogens is 146 g/mol. The zero-order chi connectivity index (χ0) is 9.23. The van der Waals surface area contributed by atoms with Gasteiger partial charge in [0.2, 0.25) is 0 Å². The fourth-order valence-electron chi connectivity index (χ4n) is 1.37. The smallest absolute Gasteiger partial charge is 0.00387 e. The summed E-state index contributed by atoms with van der Waals surface area (Å²) >= 11 is 0. The molecule has 0 rings (SSSR count). The van der Waals surface area contributed by atoms with Crippen LogP contribution in [-0.2, 0) is 0 Å². The van der Waals surface area contributed by atoms with Gasteiger partial charge in [0.05, 0.1) is 0 Å². The first kappa shape index (κ1) is 12.0. The summed E-state index contributed by atoms with van der Waals surface area (Å²) in [4.78, 5) is 0. The predicted molar refractivity (Wildman–Crippen MR) is 56.5 cm³/mol. The normalized spacial score (nSPS) is 13.2.